The first-order chi connectivity index (χ1) is 5.81. The van der Waals surface area contributed by atoms with E-state index in [0.717, 1.165) is 11.9 Å². The lowest BCUT2D eigenvalue weighted by molar-refractivity contribution is 1.14. The van der Waals surface area contributed by atoms with Crippen LogP contribution in [0.5, 0.6) is 0 Å². The van der Waals surface area contributed by atoms with Crippen molar-refractivity contribution < 1.29 is 0 Å². The summed E-state index contributed by atoms with van der Waals surface area (Å²) >= 11 is 1.72. The SMILES string of the molecule is CCc1cc(C)c2scnc2c1. The molecule has 0 saturated carbocycles. The Hall–Kier alpha value is -0.890. The van der Waals surface area contributed by atoms with Crippen molar-refractivity contribution >= 4 is 21.6 Å². The summed E-state index contributed by atoms with van der Waals surface area (Å²) in [6.45, 7) is 4.33. The molecule has 0 unspecified atom stereocenters. The van der Waals surface area contributed by atoms with Gasteiger partial charge in [-0.2, -0.15) is 0 Å². The number of rotatable bonds is 1. The number of hydrogen-bond acceptors (Lipinski definition) is 2. The van der Waals surface area contributed by atoms with Crippen LogP contribution >= 0.6 is 11.3 Å². The Morgan fingerprint density at radius 3 is 3.00 bits per heavy atom. The van der Waals surface area contributed by atoms with Gasteiger partial charge in [0.15, 0.2) is 0 Å². The second kappa shape index (κ2) is 2.87. The molecule has 62 valence electrons. The molecule has 0 spiro atoms. The van der Waals surface area contributed by atoms with E-state index >= 15 is 0 Å². The van der Waals surface area contributed by atoms with E-state index in [-0.39, 0.29) is 0 Å². The van der Waals surface area contributed by atoms with E-state index in [1.165, 1.54) is 15.8 Å². The molecule has 0 radical (unpaired) electrons. The van der Waals surface area contributed by atoms with Crippen LogP contribution in [0.15, 0.2) is 17.6 Å². The van der Waals surface area contributed by atoms with Crippen LogP contribution < -0.4 is 0 Å². The molecule has 0 saturated heterocycles. The molecule has 1 aromatic heterocycles. The molecule has 0 amide bonds. The van der Waals surface area contributed by atoms with Crippen LogP contribution in [0.25, 0.3) is 10.2 Å². The predicted molar refractivity (Wildman–Crippen MR) is 53.7 cm³/mol. The Labute approximate surface area is 76.1 Å². The highest BCUT2D eigenvalue weighted by Crippen LogP contribution is 2.23. The third-order valence-electron chi connectivity index (χ3n) is 2.09. The normalized spacial score (nSPS) is 10.8. The summed E-state index contributed by atoms with van der Waals surface area (Å²) in [7, 11) is 0. The van der Waals surface area contributed by atoms with E-state index in [9.17, 15) is 0 Å². The van der Waals surface area contributed by atoms with Crippen LogP contribution in [0.1, 0.15) is 18.1 Å². The summed E-state index contributed by atoms with van der Waals surface area (Å²) < 4.78 is 1.33. The number of aryl methyl sites for hydroxylation is 2. The van der Waals surface area contributed by atoms with Crippen molar-refractivity contribution in [2.24, 2.45) is 0 Å². The van der Waals surface area contributed by atoms with Crippen molar-refractivity contribution in [3.8, 4) is 0 Å². The molecule has 2 aromatic rings. The average Bonchev–Trinajstić information content (AvgIpc) is 2.52. The lowest BCUT2D eigenvalue weighted by Gasteiger charge is -1.99. The molecule has 1 nitrogen and oxygen atoms in total. The number of benzene rings is 1. The molecule has 0 aliphatic rings. The van der Waals surface area contributed by atoms with Gasteiger partial charge in [-0.1, -0.05) is 13.0 Å². The van der Waals surface area contributed by atoms with Crippen LogP contribution in [0.2, 0.25) is 0 Å². The fourth-order valence-corrected chi connectivity index (χ4v) is 2.17. The lowest BCUT2D eigenvalue weighted by atomic mass is 10.1. The van der Waals surface area contributed by atoms with Gasteiger partial charge in [-0.05, 0) is 30.5 Å². The fourth-order valence-electron chi connectivity index (χ4n) is 1.42. The van der Waals surface area contributed by atoms with Gasteiger partial charge < -0.3 is 0 Å². The summed E-state index contributed by atoms with van der Waals surface area (Å²) in [5, 5.41) is 0. The number of thiazole rings is 1. The van der Waals surface area contributed by atoms with Crippen LogP contribution in [-0.2, 0) is 6.42 Å². The molecule has 1 aromatic carbocycles. The average molecular weight is 177 g/mol. The maximum atomic E-state index is 4.31. The van der Waals surface area contributed by atoms with E-state index in [2.05, 4.69) is 31.0 Å². The Balaban J connectivity index is 2.75. The maximum absolute atomic E-state index is 4.31. The number of aromatic nitrogens is 1. The van der Waals surface area contributed by atoms with Gasteiger partial charge in [-0.25, -0.2) is 4.98 Å². The summed E-state index contributed by atoms with van der Waals surface area (Å²) in [6, 6.07) is 4.43. The van der Waals surface area contributed by atoms with Crippen LogP contribution in [0.4, 0.5) is 0 Å². The minimum atomic E-state index is 1.09. The molecule has 0 aliphatic heterocycles. The highest BCUT2D eigenvalue weighted by Gasteiger charge is 2.01. The van der Waals surface area contributed by atoms with Gasteiger partial charge in [0.25, 0.3) is 0 Å². The van der Waals surface area contributed by atoms with Gasteiger partial charge in [0.1, 0.15) is 0 Å². The summed E-state index contributed by atoms with van der Waals surface area (Å²) in [5.74, 6) is 0. The standard InChI is InChI=1S/C10H11NS/c1-3-8-4-7(2)10-9(5-8)11-6-12-10/h4-6H,3H2,1-2H3. The third kappa shape index (κ3) is 1.12. The Morgan fingerprint density at radius 1 is 1.42 bits per heavy atom. The molecule has 0 fully saturated rings. The largest absolute Gasteiger partial charge is 0.245 e. The van der Waals surface area contributed by atoms with E-state index in [1.807, 2.05) is 5.51 Å². The molecule has 2 heteroatoms. The monoisotopic (exact) mass is 177 g/mol. The smallest absolute Gasteiger partial charge is 0.0817 e. The van der Waals surface area contributed by atoms with Crippen molar-refractivity contribution in [3.63, 3.8) is 0 Å². The zero-order valence-electron chi connectivity index (χ0n) is 7.29. The van der Waals surface area contributed by atoms with Crippen LogP contribution in [0.3, 0.4) is 0 Å². The van der Waals surface area contributed by atoms with E-state index in [1.54, 1.807) is 11.3 Å². The van der Waals surface area contributed by atoms with Crippen molar-refractivity contribution in [2.75, 3.05) is 0 Å². The zero-order valence-corrected chi connectivity index (χ0v) is 8.11. The Kier molecular flexibility index (Phi) is 1.85. The van der Waals surface area contributed by atoms with Crippen molar-refractivity contribution in [3.05, 3.63) is 28.8 Å². The minimum absolute atomic E-state index is 1.09. The van der Waals surface area contributed by atoms with Crippen molar-refractivity contribution in [2.45, 2.75) is 20.3 Å². The van der Waals surface area contributed by atoms with E-state index in [4.69, 9.17) is 0 Å². The van der Waals surface area contributed by atoms with Gasteiger partial charge in [0.2, 0.25) is 0 Å². The number of nitrogens with zero attached hydrogens (tertiary/aromatic N) is 1. The molecule has 0 N–H and O–H groups in total. The molecule has 0 bridgehead atoms. The summed E-state index contributed by atoms with van der Waals surface area (Å²) in [6.07, 6.45) is 1.09. The molecular formula is C10H11NS. The first-order valence-electron chi connectivity index (χ1n) is 4.14. The van der Waals surface area contributed by atoms with E-state index < -0.39 is 0 Å². The molecule has 1 heterocycles. The van der Waals surface area contributed by atoms with Crippen LogP contribution in [-0.4, -0.2) is 4.98 Å². The molecule has 0 atom stereocenters. The predicted octanol–water partition coefficient (Wildman–Crippen LogP) is 3.17. The topological polar surface area (TPSA) is 12.9 Å². The van der Waals surface area contributed by atoms with Gasteiger partial charge >= 0.3 is 0 Å². The Bertz CT molecular complexity index is 403. The Morgan fingerprint density at radius 2 is 2.25 bits per heavy atom. The highest BCUT2D eigenvalue weighted by atomic mass is 32.1. The van der Waals surface area contributed by atoms with Crippen molar-refractivity contribution in [1.82, 2.24) is 4.98 Å². The van der Waals surface area contributed by atoms with Gasteiger partial charge in [-0.15, -0.1) is 11.3 Å². The molecule has 0 aliphatic carbocycles. The van der Waals surface area contributed by atoms with Crippen molar-refractivity contribution in [1.29, 1.82) is 0 Å². The molecular weight excluding hydrogens is 166 g/mol. The second-order valence-corrected chi connectivity index (χ2v) is 3.82. The fraction of sp³-hybridized carbons (Fsp3) is 0.300. The maximum Gasteiger partial charge on any atom is 0.0817 e. The quantitative estimate of drug-likeness (QED) is 0.652. The summed E-state index contributed by atoms with van der Waals surface area (Å²) in [5.41, 5.74) is 5.80. The zero-order chi connectivity index (χ0) is 8.55. The van der Waals surface area contributed by atoms with Gasteiger partial charge in [-0.3, -0.25) is 0 Å². The second-order valence-electron chi connectivity index (χ2n) is 2.97. The van der Waals surface area contributed by atoms with E-state index in [0.29, 0.717) is 0 Å². The van der Waals surface area contributed by atoms with Gasteiger partial charge in [0, 0.05) is 0 Å². The van der Waals surface area contributed by atoms with Gasteiger partial charge in [0.05, 0.1) is 15.7 Å². The lowest BCUT2D eigenvalue weighted by Crippen LogP contribution is -1.82. The number of hydrogen-bond donors (Lipinski definition) is 0. The molecule has 2 rings (SSSR count). The minimum Gasteiger partial charge on any atom is -0.245 e. The van der Waals surface area contributed by atoms with Crippen LogP contribution in [0, 0.1) is 6.92 Å². The molecule has 12 heavy (non-hydrogen) atoms. The first kappa shape index (κ1) is 7.74. The number of fused-ring (bicyclic) bond motifs is 1. The summed E-state index contributed by atoms with van der Waals surface area (Å²) in [4.78, 5) is 4.31. The first-order valence-corrected chi connectivity index (χ1v) is 5.02. The highest BCUT2D eigenvalue weighted by molar-refractivity contribution is 7.16. The third-order valence-corrected chi connectivity index (χ3v) is 3.06.